The van der Waals surface area contributed by atoms with Crippen LogP contribution in [0.25, 0.3) is 0 Å². The van der Waals surface area contributed by atoms with Crippen LogP contribution in [0.15, 0.2) is 0 Å². The van der Waals surface area contributed by atoms with Crippen LogP contribution in [0.3, 0.4) is 0 Å². The number of rotatable bonds is 2. The Morgan fingerprint density at radius 3 is 2.29 bits per heavy atom. The van der Waals surface area contributed by atoms with Crippen LogP contribution in [0.1, 0.15) is 19.3 Å². The van der Waals surface area contributed by atoms with Crippen molar-refractivity contribution in [1.82, 2.24) is 0 Å². The number of aliphatic carboxylic acids is 1. The summed E-state index contributed by atoms with van der Waals surface area (Å²) in [6.07, 6.45) is 1.71. The van der Waals surface area contributed by atoms with E-state index >= 15 is 0 Å². The van der Waals surface area contributed by atoms with Gasteiger partial charge in [0.1, 0.15) is 12.1 Å². The van der Waals surface area contributed by atoms with Gasteiger partial charge in [-0.2, -0.15) is 0 Å². The maximum Gasteiger partial charge on any atom is 0.309 e. The van der Waals surface area contributed by atoms with Gasteiger partial charge in [0.2, 0.25) is 0 Å². The lowest BCUT2D eigenvalue weighted by molar-refractivity contribution is -0.901. The quantitative estimate of drug-likeness (QED) is 0.633. The van der Waals surface area contributed by atoms with Crippen LogP contribution in [-0.4, -0.2) is 54.0 Å². The molecule has 4 heteroatoms. The normalized spacial score (nSPS) is 34.1. The Morgan fingerprint density at radius 2 is 1.86 bits per heavy atom. The summed E-state index contributed by atoms with van der Waals surface area (Å²) in [6.45, 7) is 0. The minimum atomic E-state index is -0.865. The van der Waals surface area contributed by atoms with E-state index in [1.165, 1.54) is 0 Å². The van der Waals surface area contributed by atoms with Gasteiger partial charge < -0.3 is 14.7 Å². The number of aliphatic hydroxyl groups excluding tert-OH is 1. The molecular weight excluding hydrogens is 182 g/mol. The lowest BCUT2D eigenvalue weighted by Gasteiger charge is -2.41. The maximum atomic E-state index is 10.9. The first-order valence-electron chi connectivity index (χ1n) is 5.06. The van der Waals surface area contributed by atoms with Gasteiger partial charge in [-0.05, 0) is 12.8 Å². The molecule has 1 aliphatic carbocycles. The zero-order chi connectivity index (χ0) is 10.9. The molecule has 0 aromatic rings. The first-order chi connectivity index (χ1) is 6.34. The predicted octanol–water partition coefficient (Wildman–Crippen LogP) is 0.307. The molecule has 0 unspecified atom stereocenters. The summed E-state index contributed by atoms with van der Waals surface area (Å²) in [5, 5.41) is 18.9. The Hall–Kier alpha value is -0.610. The van der Waals surface area contributed by atoms with Crippen LogP contribution < -0.4 is 0 Å². The van der Waals surface area contributed by atoms with Gasteiger partial charge in [0.15, 0.2) is 0 Å². The van der Waals surface area contributed by atoms with E-state index < -0.39 is 18.0 Å². The van der Waals surface area contributed by atoms with E-state index in [1.54, 1.807) is 0 Å². The largest absolute Gasteiger partial charge is 0.481 e. The zero-order valence-electron chi connectivity index (χ0n) is 9.10. The fourth-order valence-corrected chi connectivity index (χ4v) is 2.27. The molecular formula is C10H20NO3+. The lowest BCUT2D eigenvalue weighted by atomic mass is 9.82. The predicted molar refractivity (Wildman–Crippen MR) is 52.8 cm³/mol. The third kappa shape index (κ3) is 2.25. The van der Waals surface area contributed by atoms with Crippen molar-refractivity contribution in [3.05, 3.63) is 0 Å². The number of carbonyl (C=O) groups is 1. The standard InChI is InChI=1S/C10H19NO3/c1-11(2,3)8-6-4-5-7(9(8)12)10(13)14/h7-9,12H,4-6H2,1-3H3/p+1/t7-,8-,9+/m1/s1. The van der Waals surface area contributed by atoms with Crippen LogP contribution in [0.2, 0.25) is 0 Å². The Bertz CT molecular complexity index is 222. The molecule has 82 valence electrons. The first kappa shape index (κ1) is 11.5. The van der Waals surface area contributed by atoms with Crippen molar-refractivity contribution in [1.29, 1.82) is 0 Å². The molecule has 1 fully saturated rings. The summed E-state index contributed by atoms with van der Waals surface area (Å²) in [4.78, 5) is 10.9. The minimum absolute atomic E-state index is 0.0462. The van der Waals surface area contributed by atoms with Crippen LogP contribution in [-0.2, 0) is 4.79 Å². The highest BCUT2D eigenvalue weighted by Gasteiger charge is 2.42. The Kier molecular flexibility index (Phi) is 3.17. The van der Waals surface area contributed by atoms with Gasteiger partial charge in [0, 0.05) is 6.42 Å². The number of nitrogens with zero attached hydrogens (tertiary/aromatic N) is 1. The molecule has 0 radical (unpaired) electrons. The number of quaternary nitrogens is 1. The summed E-state index contributed by atoms with van der Waals surface area (Å²) in [5.74, 6) is -1.44. The van der Waals surface area contributed by atoms with E-state index in [2.05, 4.69) is 0 Å². The molecule has 0 heterocycles. The van der Waals surface area contributed by atoms with Gasteiger partial charge in [-0.25, -0.2) is 0 Å². The average molecular weight is 202 g/mol. The smallest absolute Gasteiger partial charge is 0.309 e. The zero-order valence-corrected chi connectivity index (χ0v) is 9.10. The highest BCUT2D eigenvalue weighted by Crippen LogP contribution is 2.29. The van der Waals surface area contributed by atoms with Crippen LogP contribution in [0.4, 0.5) is 0 Å². The second-order valence-corrected chi connectivity index (χ2v) is 5.05. The number of carboxylic acids is 1. The van der Waals surface area contributed by atoms with Crippen LogP contribution in [0, 0.1) is 5.92 Å². The molecule has 0 aromatic carbocycles. The van der Waals surface area contributed by atoms with Gasteiger partial charge in [-0.3, -0.25) is 4.79 Å². The van der Waals surface area contributed by atoms with Crippen molar-refractivity contribution in [2.45, 2.75) is 31.4 Å². The van der Waals surface area contributed by atoms with Gasteiger partial charge in [-0.15, -0.1) is 0 Å². The van der Waals surface area contributed by atoms with E-state index in [0.717, 1.165) is 12.8 Å². The molecule has 0 aliphatic heterocycles. The van der Waals surface area contributed by atoms with Crippen molar-refractivity contribution < 1.29 is 19.5 Å². The van der Waals surface area contributed by atoms with E-state index in [1.807, 2.05) is 21.1 Å². The summed E-state index contributed by atoms with van der Waals surface area (Å²) in [5.41, 5.74) is 0. The van der Waals surface area contributed by atoms with Crippen LogP contribution in [0.5, 0.6) is 0 Å². The third-order valence-electron chi connectivity index (χ3n) is 3.13. The van der Waals surface area contributed by atoms with Gasteiger partial charge in [0.05, 0.1) is 27.1 Å². The van der Waals surface area contributed by atoms with Crippen molar-refractivity contribution in [2.24, 2.45) is 5.92 Å². The van der Waals surface area contributed by atoms with E-state index in [9.17, 15) is 9.90 Å². The lowest BCUT2D eigenvalue weighted by Crippen LogP contribution is -2.56. The number of hydrogen-bond donors (Lipinski definition) is 2. The van der Waals surface area contributed by atoms with Gasteiger partial charge in [-0.1, -0.05) is 0 Å². The highest BCUT2D eigenvalue weighted by atomic mass is 16.4. The molecule has 0 saturated heterocycles. The fraction of sp³-hybridized carbons (Fsp3) is 0.900. The third-order valence-corrected chi connectivity index (χ3v) is 3.13. The molecule has 0 spiro atoms. The molecule has 4 nitrogen and oxygen atoms in total. The number of aliphatic hydroxyl groups is 1. The maximum absolute atomic E-state index is 10.9. The topological polar surface area (TPSA) is 57.5 Å². The molecule has 0 amide bonds. The molecule has 0 bridgehead atoms. The van der Waals surface area contributed by atoms with E-state index in [4.69, 9.17) is 5.11 Å². The van der Waals surface area contributed by atoms with Gasteiger partial charge >= 0.3 is 5.97 Å². The second kappa shape index (κ2) is 3.87. The Labute approximate surface area is 84.7 Å². The monoisotopic (exact) mass is 202 g/mol. The Balaban J connectivity index is 2.76. The summed E-state index contributed by atoms with van der Waals surface area (Å²) < 4.78 is 0.630. The molecule has 14 heavy (non-hydrogen) atoms. The summed E-state index contributed by atoms with van der Waals surface area (Å²) in [6, 6.07) is 0.0462. The number of likely N-dealkylation sites (N-methyl/N-ethyl adjacent to an activating group) is 1. The molecule has 1 aliphatic rings. The molecule has 3 atom stereocenters. The number of carboxylic acid groups (broad SMARTS) is 1. The van der Waals surface area contributed by atoms with E-state index in [-0.39, 0.29) is 6.04 Å². The van der Waals surface area contributed by atoms with Crippen LogP contribution >= 0.6 is 0 Å². The molecule has 0 aromatic heterocycles. The second-order valence-electron chi connectivity index (χ2n) is 5.05. The fourth-order valence-electron chi connectivity index (χ4n) is 2.27. The molecule has 1 saturated carbocycles. The highest BCUT2D eigenvalue weighted by molar-refractivity contribution is 5.70. The SMILES string of the molecule is C[N+](C)(C)[C@@H]1CCC[C@@H](C(=O)O)[C@@H]1O. The van der Waals surface area contributed by atoms with Crippen molar-refractivity contribution >= 4 is 5.97 Å². The average Bonchev–Trinajstić information content (AvgIpc) is 2.01. The minimum Gasteiger partial charge on any atom is -0.481 e. The van der Waals surface area contributed by atoms with Gasteiger partial charge in [0.25, 0.3) is 0 Å². The molecule has 2 N–H and O–H groups in total. The van der Waals surface area contributed by atoms with E-state index in [0.29, 0.717) is 10.9 Å². The Morgan fingerprint density at radius 1 is 1.29 bits per heavy atom. The van der Waals surface area contributed by atoms with Crippen molar-refractivity contribution in [2.75, 3.05) is 21.1 Å². The van der Waals surface area contributed by atoms with Crippen molar-refractivity contribution in [3.8, 4) is 0 Å². The first-order valence-corrected chi connectivity index (χ1v) is 5.06. The molecule has 1 rings (SSSR count). The summed E-state index contributed by atoms with van der Waals surface area (Å²) in [7, 11) is 5.99. The number of hydrogen-bond acceptors (Lipinski definition) is 2. The van der Waals surface area contributed by atoms with Crippen molar-refractivity contribution in [3.63, 3.8) is 0 Å². The summed E-state index contributed by atoms with van der Waals surface area (Å²) >= 11 is 0.